The Balaban J connectivity index is 2.33. The van der Waals surface area contributed by atoms with Crippen molar-refractivity contribution in [2.75, 3.05) is 11.4 Å². The van der Waals surface area contributed by atoms with Gasteiger partial charge in [-0.25, -0.2) is 0 Å². The number of rotatable bonds is 2. The SMILES string of the molecule is C[C@H](N)CN1C(=O)CCc2ccccc21. The van der Waals surface area contributed by atoms with Gasteiger partial charge in [-0.15, -0.1) is 0 Å². The molecule has 1 aliphatic rings. The van der Waals surface area contributed by atoms with Crippen molar-refractivity contribution in [2.24, 2.45) is 5.73 Å². The monoisotopic (exact) mass is 204 g/mol. The highest BCUT2D eigenvalue weighted by Crippen LogP contribution is 2.27. The average Bonchev–Trinajstić information content (AvgIpc) is 2.22. The fraction of sp³-hybridized carbons (Fsp3) is 0.417. The summed E-state index contributed by atoms with van der Waals surface area (Å²) < 4.78 is 0. The van der Waals surface area contributed by atoms with Crippen molar-refractivity contribution in [2.45, 2.75) is 25.8 Å². The molecular weight excluding hydrogens is 188 g/mol. The van der Waals surface area contributed by atoms with Gasteiger partial charge in [0.25, 0.3) is 0 Å². The second-order valence-corrected chi connectivity index (χ2v) is 4.11. The number of carbonyl (C=O) groups excluding carboxylic acids is 1. The maximum absolute atomic E-state index is 11.8. The van der Waals surface area contributed by atoms with Crippen LogP contribution in [0.1, 0.15) is 18.9 Å². The first-order valence-electron chi connectivity index (χ1n) is 5.32. The van der Waals surface area contributed by atoms with Crippen molar-refractivity contribution in [3.8, 4) is 0 Å². The lowest BCUT2D eigenvalue weighted by Gasteiger charge is -2.30. The van der Waals surface area contributed by atoms with E-state index in [4.69, 9.17) is 5.73 Å². The second-order valence-electron chi connectivity index (χ2n) is 4.11. The van der Waals surface area contributed by atoms with Gasteiger partial charge < -0.3 is 10.6 Å². The molecule has 1 aromatic carbocycles. The van der Waals surface area contributed by atoms with Crippen molar-refractivity contribution >= 4 is 11.6 Å². The molecule has 0 spiro atoms. The number of amides is 1. The lowest BCUT2D eigenvalue weighted by molar-refractivity contribution is -0.118. The van der Waals surface area contributed by atoms with Crippen molar-refractivity contribution in [1.29, 1.82) is 0 Å². The Hall–Kier alpha value is -1.35. The minimum atomic E-state index is 0.0140. The van der Waals surface area contributed by atoms with Crippen LogP contribution in [0.2, 0.25) is 0 Å². The number of anilines is 1. The van der Waals surface area contributed by atoms with Crippen molar-refractivity contribution in [1.82, 2.24) is 0 Å². The van der Waals surface area contributed by atoms with Gasteiger partial charge in [-0.3, -0.25) is 4.79 Å². The molecule has 0 saturated heterocycles. The molecule has 0 aliphatic carbocycles. The molecule has 1 amide bonds. The molecule has 1 atom stereocenters. The van der Waals surface area contributed by atoms with E-state index in [0.717, 1.165) is 12.1 Å². The molecule has 0 unspecified atom stereocenters. The van der Waals surface area contributed by atoms with Crippen LogP contribution in [0, 0.1) is 0 Å². The Morgan fingerprint density at radius 1 is 1.40 bits per heavy atom. The summed E-state index contributed by atoms with van der Waals surface area (Å²) in [6, 6.07) is 8.06. The fourth-order valence-electron chi connectivity index (χ4n) is 1.98. The van der Waals surface area contributed by atoms with Crippen molar-refractivity contribution < 1.29 is 4.79 Å². The van der Waals surface area contributed by atoms with E-state index < -0.39 is 0 Å². The van der Waals surface area contributed by atoms with Gasteiger partial charge in [0.2, 0.25) is 5.91 Å². The molecule has 80 valence electrons. The molecular formula is C12H16N2O. The zero-order valence-corrected chi connectivity index (χ0v) is 8.94. The van der Waals surface area contributed by atoms with Crippen molar-refractivity contribution in [3.63, 3.8) is 0 Å². The Kier molecular flexibility index (Phi) is 2.73. The predicted octanol–water partition coefficient (Wildman–Crippen LogP) is 1.31. The van der Waals surface area contributed by atoms with Gasteiger partial charge in [0, 0.05) is 24.7 Å². The molecule has 3 heteroatoms. The third kappa shape index (κ3) is 2.02. The average molecular weight is 204 g/mol. The van der Waals surface area contributed by atoms with Crippen LogP contribution in [0.25, 0.3) is 0 Å². The molecule has 3 nitrogen and oxygen atoms in total. The molecule has 0 saturated carbocycles. The quantitative estimate of drug-likeness (QED) is 0.789. The van der Waals surface area contributed by atoms with Crippen LogP contribution in [-0.4, -0.2) is 18.5 Å². The lowest BCUT2D eigenvalue weighted by Crippen LogP contribution is -2.42. The highest BCUT2D eigenvalue weighted by molar-refractivity contribution is 5.96. The predicted molar refractivity (Wildman–Crippen MR) is 60.8 cm³/mol. The minimum absolute atomic E-state index is 0.0140. The van der Waals surface area contributed by atoms with Gasteiger partial charge in [-0.1, -0.05) is 18.2 Å². The third-order valence-electron chi connectivity index (χ3n) is 2.66. The maximum atomic E-state index is 11.8. The number of benzene rings is 1. The molecule has 1 aromatic rings. The summed E-state index contributed by atoms with van der Waals surface area (Å²) in [6.07, 6.45) is 1.45. The standard InChI is InChI=1S/C12H16N2O/c1-9(13)8-14-11-5-3-2-4-10(11)6-7-12(14)15/h2-5,9H,6-8,13H2,1H3/t9-/m0/s1. The van der Waals surface area contributed by atoms with E-state index in [1.165, 1.54) is 5.56 Å². The van der Waals surface area contributed by atoms with E-state index in [9.17, 15) is 4.79 Å². The smallest absolute Gasteiger partial charge is 0.227 e. The number of nitrogens with two attached hydrogens (primary N) is 1. The molecule has 1 aliphatic heterocycles. The molecule has 15 heavy (non-hydrogen) atoms. The van der Waals surface area contributed by atoms with Gasteiger partial charge in [-0.05, 0) is 25.0 Å². The van der Waals surface area contributed by atoms with E-state index in [0.29, 0.717) is 13.0 Å². The Morgan fingerprint density at radius 3 is 2.87 bits per heavy atom. The summed E-state index contributed by atoms with van der Waals surface area (Å²) >= 11 is 0. The number of para-hydroxylation sites is 1. The van der Waals surface area contributed by atoms with E-state index in [1.807, 2.05) is 30.0 Å². The minimum Gasteiger partial charge on any atom is -0.326 e. The first kappa shape index (κ1) is 10.2. The summed E-state index contributed by atoms with van der Waals surface area (Å²) in [5.74, 6) is 0.186. The zero-order chi connectivity index (χ0) is 10.8. The van der Waals surface area contributed by atoms with Crippen molar-refractivity contribution in [3.05, 3.63) is 29.8 Å². The highest BCUT2D eigenvalue weighted by atomic mass is 16.2. The summed E-state index contributed by atoms with van der Waals surface area (Å²) in [7, 11) is 0. The third-order valence-corrected chi connectivity index (χ3v) is 2.66. The van der Waals surface area contributed by atoms with Gasteiger partial charge in [0.1, 0.15) is 0 Å². The normalized spacial score (nSPS) is 17.5. The summed E-state index contributed by atoms with van der Waals surface area (Å²) in [5.41, 5.74) is 8.03. The first-order valence-corrected chi connectivity index (χ1v) is 5.32. The Labute approximate surface area is 89.9 Å². The molecule has 2 N–H and O–H groups in total. The number of hydrogen-bond donors (Lipinski definition) is 1. The Morgan fingerprint density at radius 2 is 2.13 bits per heavy atom. The molecule has 0 radical (unpaired) electrons. The van der Waals surface area contributed by atoms with E-state index in [1.54, 1.807) is 0 Å². The van der Waals surface area contributed by atoms with E-state index in [2.05, 4.69) is 6.07 Å². The zero-order valence-electron chi connectivity index (χ0n) is 8.94. The number of carbonyl (C=O) groups is 1. The van der Waals surface area contributed by atoms with E-state index >= 15 is 0 Å². The van der Waals surface area contributed by atoms with Gasteiger partial charge >= 0.3 is 0 Å². The molecule has 0 aromatic heterocycles. The Bertz CT molecular complexity index is 374. The molecule has 0 fully saturated rings. The fourth-order valence-corrected chi connectivity index (χ4v) is 1.98. The summed E-state index contributed by atoms with van der Waals surface area (Å²) in [4.78, 5) is 13.6. The summed E-state index contributed by atoms with van der Waals surface area (Å²) in [5, 5.41) is 0. The summed E-state index contributed by atoms with van der Waals surface area (Å²) in [6.45, 7) is 2.53. The topological polar surface area (TPSA) is 46.3 Å². The van der Waals surface area contributed by atoms with Gasteiger partial charge in [0.05, 0.1) is 0 Å². The van der Waals surface area contributed by atoms with Crippen LogP contribution in [0.15, 0.2) is 24.3 Å². The molecule has 0 bridgehead atoms. The van der Waals surface area contributed by atoms with Crippen LogP contribution in [0.4, 0.5) is 5.69 Å². The van der Waals surface area contributed by atoms with Crippen LogP contribution in [-0.2, 0) is 11.2 Å². The number of fused-ring (bicyclic) bond motifs is 1. The van der Waals surface area contributed by atoms with Crippen LogP contribution >= 0.6 is 0 Å². The van der Waals surface area contributed by atoms with Crippen LogP contribution < -0.4 is 10.6 Å². The molecule has 2 rings (SSSR count). The second kappa shape index (κ2) is 4.03. The van der Waals surface area contributed by atoms with Gasteiger partial charge in [0.15, 0.2) is 0 Å². The largest absolute Gasteiger partial charge is 0.326 e. The number of hydrogen-bond acceptors (Lipinski definition) is 2. The van der Waals surface area contributed by atoms with Crippen LogP contribution in [0.5, 0.6) is 0 Å². The lowest BCUT2D eigenvalue weighted by atomic mass is 10.0. The molecule has 1 heterocycles. The van der Waals surface area contributed by atoms with E-state index in [-0.39, 0.29) is 11.9 Å². The first-order chi connectivity index (χ1) is 7.18. The highest BCUT2D eigenvalue weighted by Gasteiger charge is 2.23. The van der Waals surface area contributed by atoms with Gasteiger partial charge in [-0.2, -0.15) is 0 Å². The van der Waals surface area contributed by atoms with Crippen LogP contribution in [0.3, 0.4) is 0 Å². The number of aryl methyl sites for hydroxylation is 1. The maximum Gasteiger partial charge on any atom is 0.227 e. The number of nitrogens with zero attached hydrogens (tertiary/aromatic N) is 1.